The third-order valence-corrected chi connectivity index (χ3v) is 6.81. The second-order valence-electron chi connectivity index (χ2n) is 8.69. The van der Waals surface area contributed by atoms with Crippen molar-refractivity contribution in [2.24, 2.45) is 10.6 Å². The molecule has 3 aliphatic heterocycles. The van der Waals surface area contributed by atoms with E-state index in [0.717, 1.165) is 64.0 Å². The standard InChI is InChI=1S/C23H31N3O3/c1-2-19-16-20(29-24-19)22(28)25-14-11-23(12-15-25)10-8-21(27)26(17-23)13-9-18-6-4-3-5-7-18/h3-7,20H,2,8-17H2,1H3. The highest BCUT2D eigenvalue weighted by Crippen LogP contribution is 2.40. The van der Waals surface area contributed by atoms with Crippen LogP contribution in [0.25, 0.3) is 0 Å². The summed E-state index contributed by atoms with van der Waals surface area (Å²) in [4.78, 5) is 34.6. The van der Waals surface area contributed by atoms with Crippen LogP contribution in [-0.4, -0.2) is 59.6 Å². The molecule has 2 amide bonds. The summed E-state index contributed by atoms with van der Waals surface area (Å²) in [5.41, 5.74) is 2.39. The Morgan fingerprint density at radius 1 is 1.21 bits per heavy atom. The van der Waals surface area contributed by atoms with E-state index in [2.05, 4.69) is 22.2 Å². The van der Waals surface area contributed by atoms with E-state index in [1.807, 2.05) is 30.0 Å². The summed E-state index contributed by atoms with van der Waals surface area (Å²) >= 11 is 0. The Morgan fingerprint density at radius 3 is 2.66 bits per heavy atom. The molecular weight excluding hydrogens is 366 g/mol. The lowest BCUT2D eigenvalue weighted by Gasteiger charge is -2.47. The number of benzene rings is 1. The zero-order valence-electron chi connectivity index (χ0n) is 17.3. The molecule has 1 aromatic rings. The van der Waals surface area contributed by atoms with Gasteiger partial charge in [-0.3, -0.25) is 9.59 Å². The van der Waals surface area contributed by atoms with Crippen molar-refractivity contribution in [2.75, 3.05) is 26.2 Å². The molecule has 4 rings (SSSR count). The lowest BCUT2D eigenvalue weighted by Crippen LogP contribution is -2.53. The van der Waals surface area contributed by atoms with E-state index >= 15 is 0 Å². The van der Waals surface area contributed by atoms with Gasteiger partial charge in [-0.25, -0.2) is 0 Å². The van der Waals surface area contributed by atoms with Crippen LogP contribution in [0, 0.1) is 5.41 Å². The molecule has 1 aromatic carbocycles. The number of carbonyl (C=O) groups is 2. The molecule has 0 saturated carbocycles. The summed E-state index contributed by atoms with van der Waals surface area (Å²) in [5, 5.41) is 4.02. The highest BCUT2D eigenvalue weighted by atomic mass is 16.6. The number of hydrogen-bond acceptors (Lipinski definition) is 4. The summed E-state index contributed by atoms with van der Waals surface area (Å²) in [6.07, 6.45) is 5.41. The van der Waals surface area contributed by atoms with Gasteiger partial charge >= 0.3 is 0 Å². The maximum Gasteiger partial charge on any atom is 0.266 e. The first kappa shape index (κ1) is 19.9. The lowest BCUT2D eigenvalue weighted by atomic mass is 9.72. The van der Waals surface area contributed by atoms with E-state index in [-0.39, 0.29) is 17.2 Å². The number of carbonyl (C=O) groups excluding carboxylic acids is 2. The van der Waals surface area contributed by atoms with Crippen LogP contribution in [-0.2, 0) is 20.8 Å². The molecule has 2 fully saturated rings. The Balaban J connectivity index is 1.30. The van der Waals surface area contributed by atoms with E-state index in [0.29, 0.717) is 12.8 Å². The van der Waals surface area contributed by atoms with Gasteiger partial charge in [0.15, 0.2) is 0 Å². The molecule has 1 atom stereocenters. The van der Waals surface area contributed by atoms with Crippen molar-refractivity contribution >= 4 is 17.5 Å². The Bertz CT molecular complexity index is 769. The van der Waals surface area contributed by atoms with Gasteiger partial charge in [0, 0.05) is 39.0 Å². The molecule has 29 heavy (non-hydrogen) atoms. The largest absolute Gasteiger partial charge is 0.382 e. The fourth-order valence-electron chi connectivity index (χ4n) is 4.80. The third-order valence-electron chi connectivity index (χ3n) is 6.81. The quantitative estimate of drug-likeness (QED) is 0.767. The smallest absolute Gasteiger partial charge is 0.266 e. The SMILES string of the molecule is CCC1=NOC(C(=O)N2CCC3(CCC(=O)N(CCc4ccccc4)C3)CC2)C1. The predicted octanol–water partition coefficient (Wildman–Crippen LogP) is 3.02. The minimum absolute atomic E-state index is 0.0693. The molecule has 0 aromatic heterocycles. The highest BCUT2D eigenvalue weighted by Gasteiger charge is 2.43. The van der Waals surface area contributed by atoms with Crippen molar-refractivity contribution in [3.8, 4) is 0 Å². The van der Waals surface area contributed by atoms with Gasteiger partial charge in [-0.2, -0.15) is 0 Å². The number of oxime groups is 1. The molecule has 6 nitrogen and oxygen atoms in total. The van der Waals surface area contributed by atoms with Crippen LogP contribution in [0.5, 0.6) is 0 Å². The van der Waals surface area contributed by atoms with Crippen molar-refractivity contribution in [1.29, 1.82) is 0 Å². The van der Waals surface area contributed by atoms with Crippen LogP contribution in [0.15, 0.2) is 35.5 Å². The van der Waals surface area contributed by atoms with E-state index in [4.69, 9.17) is 4.84 Å². The van der Waals surface area contributed by atoms with Crippen LogP contribution < -0.4 is 0 Å². The van der Waals surface area contributed by atoms with Crippen molar-refractivity contribution in [1.82, 2.24) is 9.80 Å². The molecule has 156 valence electrons. The minimum Gasteiger partial charge on any atom is -0.382 e. The summed E-state index contributed by atoms with van der Waals surface area (Å²) in [5.74, 6) is 0.341. The summed E-state index contributed by atoms with van der Waals surface area (Å²) in [6.45, 7) is 5.14. The molecule has 6 heteroatoms. The predicted molar refractivity (Wildman–Crippen MR) is 111 cm³/mol. The number of nitrogens with zero attached hydrogens (tertiary/aromatic N) is 3. The lowest BCUT2D eigenvalue weighted by molar-refractivity contribution is -0.148. The molecule has 2 saturated heterocycles. The second-order valence-corrected chi connectivity index (χ2v) is 8.69. The van der Waals surface area contributed by atoms with Gasteiger partial charge in [-0.1, -0.05) is 42.4 Å². The molecule has 3 aliphatic rings. The van der Waals surface area contributed by atoms with Crippen LogP contribution in [0.4, 0.5) is 0 Å². The normalized spacial score (nSPS) is 23.8. The van der Waals surface area contributed by atoms with Crippen molar-refractivity contribution < 1.29 is 14.4 Å². The first-order valence-electron chi connectivity index (χ1n) is 10.9. The van der Waals surface area contributed by atoms with Gasteiger partial charge in [0.2, 0.25) is 12.0 Å². The number of hydrogen-bond donors (Lipinski definition) is 0. The molecule has 1 unspecified atom stereocenters. The number of piperidine rings is 2. The van der Waals surface area contributed by atoms with E-state index < -0.39 is 6.10 Å². The average molecular weight is 398 g/mol. The van der Waals surface area contributed by atoms with Crippen LogP contribution >= 0.6 is 0 Å². The fraction of sp³-hybridized carbons (Fsp3) is 0.609. The summed E-state index contributed by atoms with van der Waals surface area (Å²) < 4.78 is 0. The van der Waals surface area contributed by atoms with Crippen LogP contribution in [0.1, 0.15) is 51.0 Å². The fourth-order valence-corrected chi connectivity index (χ4v) is 4.80. The summed E-state index contributed by atoms with van der Waals surface area (Å²) in [7, 11) is 0. The van der Waals surface area contributed by atoms with Gasteiger partial charge in [0.1, 0.15) is 0 Å². The highest BCUT2D eigenvalue weighted by molar-refractivity contribution is 5.92. The molecule has 3 heterocycles. The minimum atomic E-state index is -0.436. The molecule has 0 radical (unpaired) electrons. The van der Waals surface area contributed by atoms with Gasteiger partial charge in [0.25, 0.3) is 5.91 Å². The van der Waals surface area contributed by atoms with E-state index in [1.165, 1.54) is 5.56 Å². The zero-order valence-corrected chi connectivity index (χ0v) is 17.3. The van der Waals surface area contributed by atoms with Crippen molar-refractivity contribution in [3.63, 3.8) is 0 Å². The van der Waals surface area contributed by atoms with E-state index in [9.17, 15) is 9.59 Å². The van der Waals surface area contributed by atoms with Gasteiger partial charge in [-0.05, 0) is 43.1 Å². The van der Waals surface area contributed by atoms with Crippen molar-refractivity contribution in [2.45, 2.75) is 58.0 Å². The first-order valence-corrected chi connectivity index (χ1v) is 10.9. The molecule has 1 spiro atoms. The average Bonchev–Trinajstić information content (AvgIpc) is 3.25. The van der Waals surface area contributed by atoms with Gasteiger partial charge in [0.05, 0.1) is 5.71 Å². The molecule has 0 N–H and O–H groups in total. The monoisotopic (exact) mass is 397 g/mol. The van der Waals surface area contributed by atoms with Gasteiger partial charge in [-0.15, -0.1) is 0 Å². The van der Waals surface area contributed by atoms with Crippen LogP contribution in [0.2, 0.25) is 0 Å². The number of likely N-dealkylation sites (tertiary alicyclic amines) is 2. The molecule has 0 bridgehead atoms. The maximum absolute atomic E-state index is 12.8. The first-order chi connectivity index (χ1) is 14.1. The molecular formula is C23H31N3O3. The van der Waals surface area contributed by atoms with Crippen molar-refractivity contribution in [3.05, 3.63) is 35.9 Å². The summed E-state index contributed by atoms with van der Waals surface area (Å²) in [6, 6.07) is 10.3. The Morgan fingerprint density at radius 2 is 1.97 bits per heavy atom. The zero-order chi connectivity index (χ0) is 20.3. The topological polar surface area (TPSA) is 62.2 Å². The Labute approximate surface area is 172 Å². The van der Waals surface area contributed by atoms with Crippen LogP contribution in [0.3, 0.4) is 0 Å². The third kappa shape index (κ3) is 4.46. The number of rotatable bonds is 5. The molecule has 0 aliphatic carbocycles. The van der Waals surface area contributed by atoms with E-state index in [1.54, 1.807) is 0 Å². The Kier molecular flexibility index (Phi) is 5.88. The number of amides is 2. The Hall–Kier alpha value is -2.37. The second kappa shape index (κ2) is 8.56. The maximum atomic E-state index is 12.8. The van der Waals surface area contributed by atoms with Gasteiger partial charge < -0.3 is 14.6 Å².